The summed E-state index contributed by atoms with van der Waals surface area (Å²) in [5, 5.41) is 2.30. The number of imidazole rings is 1. The highest BCUT2D eigenvalue weighted by atomic mass is 31.2. The number of benzene rings is 3. The van der Waals surface area contributed by atoms with Crippen molar-refractivity contribution in [2.24, 2.45) is 0 Å². The van der Waals surface area contributed by atoms with Crippen LogP contribution in [0.2, 0.25) is 0 Å². The lowest BCUT2D eigenvalue weighted by Crippen LogP contribution is -2.22. The molecule has 7 rings (SSSR count). The highest BCUT2D eigenvalue weighted by molar-refractivity contribution is 7.63. The van der Waals surface area contributed by atoms with Crippen molar-refractivity contribution in [3.8, 4) is 28.7 Å². The highest BCUT2D eigenvalue weighted by Crippen LogP contribution is 2.57. The summed E-state index contributed by atoms with van der Waals surface area (Å²) in [5.74, 6) is 2.97. The number of nitrogens with zero attached hydrogens (tertiary/aromatic N) is 5. The molecule has 7 nitrogen and oxygen atoms in total. The van der Waals surface area contributed by atoms with Gasteiger partial charge in [0.25, 0.3) is 7.44 Å². The van der Waals surface area contributed by atoms with Gasteiger partial charge in [0.05, 0.1) is 16.7 Å². The Bertz CT molecular complexity index is 2000. The van der Waals surface area contributed by atoms with Gasteiger partial charge in [0, 0.05) is 54.7 Å². The molecule has 0 bridgehead atoms. The average Bonchev–Trinajstić information content (AvgIpc) is 3.56. The first-order valence-electron chi connectivity index (χ1n) is 13.3. The number of rotatable bonds is 3. The van der Waals surface area contributed by atoms with Gasteiger partial charge in [0.2, 0.25) is 0 Å². The molecule has 0 saturated carbocycles. The number of aromatic nitrogens is 4. The Morgan fingerprint density at radius 1 is 0.825 bits per heavy atom. The third-order valence-corrected chi connectivity index (χ3v) is 10.3. The molecule has 0 fully saturated rings. The van der Waals surface area contributed by atoms with E-state index in [4.69, 9.17) is 9.72 Å². The lowest BCUT2D eigenvalue weighted by molar-refractivity contribution is 0.483. The van der Waals surface area contributed by atoms with Crippen LogP contribution in [0.3, 0.4) is 0 Å². The van der Waals surface area contributed by atoms with Gasteiger partial charge in [-0.1, -0.05) is 39.0 Å². The van der Waals surface area contributed by atoms with Crippen LogP contribution in [0, 0.1) is 0 Å². The van der Waals surface area contributed by atoms with Crippen LogP contribution in [0.25, 0.3) is 39.0 Å². The van der Waals surface area contributed by atoms with E-state index in [1.54, 1.807) is 23.4 Å². The maximum Gasteiger partial charge on any atom is 0.264 e. The molecule has 3 aromatic heterocycles. The first-order chi connectivity index (χ1) is 19.1. The van der Waals surface area contributed by atoms with E-state index in [-0.39, 0.29) is 5.41 Å². The molecule has 8 heteroatoms. The van der Waals surface area contributed by atoms with Gasteiger partial charge in [-0.15, -0.1) is 0 Å². The largest absolute Gasteiger partial charge is 0.457 e. The molecule has 4 heterocycles. The monoisotopic (exact) mass is 547 g/mol. The summed E-state index contributed by atoms with van der Waals surface area (Å²) >= 11 is 0. The Morgan fingerprint density at radius 2 is 1.57 bits per heavy atom. The molecule has 0 saturated heterocycles. The van der Waals surface area contributed by atoms with Gasteiger partial charge in [0.15, 0.2) is 0 Å². The van der Waals surface area contributed by atoms with Gasteiger partial charge in [-0.05, 0) is 59.5 Å². The number of hydrogen-bond acceptors (Lipinski definition) is 4. The zero-order valence-corrected chi connectivity index (χ0v) is 24.1. The Hall–Kier alpha value is -4.35. The van der Waals surface area contributed by atoms with E-state index < -0.39 is 7.44 Å². The highest BCUT2D eigenvalue weighted by Gasteiger charge is 2.34. The minimum absolute atomic E-state index is 0.00543. The second kappa shape index (κ2) is 8.57. The normalized spacial score (nSPS) is 16.8. The lowest BCUT2D eigenvalue weighted by Gasteiger charge is -2.34. The number of anilines is 1. The minimum Gasteiger partial charge on any atom is -0.457 e. The van der Waals surface area contributed by atoms with Crippen molar-refractivity contribution in [1.29, 1.82) is 0 Å². The summed E-state index contributed by atoms with van der Waals surface area (Å²) in [5.41, 5.74) is 5.11. The zero-order chi connectivity index (χ0) is 27.8. The van der Waals surface area contributed by atoms with E-state index >= 15 is 0 Å². The topological polar surface area (TPSA) is 65.2 Å². The molecule has 1 atom stereocenters. The SMILES string of the molecule is CN1c2ccc(Oc3ccc4c5ccccc5n(-c5cc(C(C)(C)C)ccn5)c4c3)cc2-c2nccn2P1(C)=O. The van der Waals surface area contributed by atoms with Crippen LogP contribution in [0.4, 0.5) is 5.69 Å². The molecular formula is C32H30N5O2P. The molecule has 0 radical (unpaired) electrons. The van der Waals surface area contributed by atoms with Crippen molar-refractivity contribution in [3.63, 3.8) is 0 Å². The van der Waals surface area contributed by atoms with Crippen LogP contribution in [0.1, 0.15) is 26.3 Å². The summed E-state index contributed by atoms with van der Waals surface area (Å²) in [6.45, 7) is 8.40. The molecule has 1 aliphatic rings. The summed E-state index contributed by atoms with van der Waals surface area (Å²) < 4.78 is 25.7. The third-order valence-electron chi connectivity index (χ3n) is 7.86. The van der Waals surface area contributed by atoms with Gasteiger partial charge >= 0.3 is 0 Å². The van der Waals surface area contributed by atoms with Crippen LogP contribution in [0.15, 0.2) is 91.4 Å². The fraction of sp³-hybridized carbons (Fsp3) is 0.188. The standard InChI is InChI=1S/C32H30N5O2P/c1-32(2,3)21-14-15-33-30(18-21)37-28-9-7-6-8-24(28)25-12-10-23(20-29(25)37)39-22-11-13-27-26(19-22)31-34-16-17-36(31)40(5,38)35(27)4/h6-20H,1-5H3. The molecule has 0 amide bonds. The Balaban J connectivity index is 1.35. The number of hydrogen-bond donors (Lipinski definition) is 0. The van der Waals surface area contributed by atoms with E-state index in [9.17, 15) is 4.57 Å². The molecule has 6 aromatic rings. The molecule has 200 valence electrons. The second-order valence-corrected chi connectivity index (χ2v) is 14.1. The van der Waals surface area contributed by atoms with Gasteiger partial charge in [-0.25, -0.2) is 9.97 Å². The molecular weight excluding hydrogens is 517 g/mol. The number of para-hydroxylation sites is 1. The number of fused-ring (bicyclic) bond motifs is 6. The first-order valence-corrected chi connectivity index (χ1v) is 15.4. The lowest BCUT2D eigenvalue weighted by atomic mass is 9.88. The molecule has 0 spiro atoms. The van der Waals surface area contributed by atoms with Crippen LogP contribution < -0.4 is 9.41 Å². The maximum atomic E-state index is 13.4. The van der Waals surface area contributed by atoms with Crippen molar-refractivity contribution in [2.45, 2.75) is 26.2 Å². The van der Waals surface area contributed by atoms with Crippen molar-refractivity contribution >= 4 is 34.9 Å². The molecule has 40 heavy (non-hydrogen) atoms. The second-order valence-electron chi connectivity index (χ2n) is 11.4. The average molecular weight is 548 g/mol. The zero-order valence-electron chi connectivity index (χ0n) is 23.2. The van der Waals surface area contributed by atoms with E-state index in [1.165, 1.54) is 10.9 Å². The fourth-order valence-electron chi connectivity index (χ4n) is 5.58. The first kappa shape index (κ1) is 24.7. The molecule has 1 aliphatic heterocycles. The van der Waals surface area contributed by atoms with Gasteiger partial charge in [-0.3, -0.25) is 13.5 Å². The van der Waals surface area contributed by atoms with Gasteiger partial charge in [0.1, 0.15) is 23.1 Å². The summed E-state index contributed by atoms with van der Waals surface area (Å²) in [6.07, 6.45) is 5.36. The molecule has 1 unspecified atom stereocenters. The Kier molecular flexibility index (Phi) is 5.29. The molecule has 3 aromatic carbocycles. The maximum absolute atomic E-state index is 13.4. The minimum atomic E-state index is -2.79. The smallest absolute Gasteiger partial charge is 0.264 e. The number of ether oxygens (including phenoxy) is 1. The third kappa shape index (κ3) is 3.69. The van der Waals surface area contributed by atoms with Crippen molar-refractivity contribution in [2.75, 3.05) is 18.4 Å². The van der Waals surface area contributed by atoms with Crippen molar-refractivity contribution in [3.05, 3.63) is 97.0 Å². The van der Waals surface area contributed by atoms with Crippen LogP contribution in [0.5, 0.6) is 11.5 Å². The molecule has 0 N–H and O–H groups in total. The molecule has 0 aliphatic carbocycles. The van der Waals surface area contributed by atoms with Crippen molar-refractivity contribution < 1.29 is 9.30 Å². The van der Waals surface area contributed by atoms with Crippen molar-refractivity contribution in [1.82, 2.24) is 18.9 Å². The summed E-state index contributed by atoms with van der Waals surface area (Å²) in [6, 6.07) is 24.7. The van der Waals surface area contributed by atoms with E-state index in [0.29, 0.717) is 11.6 Å². The van der Waals surface area contributed by atoms with Gasteiger partial charge in [-0.2, -0.15) is 0 Å². The Morgan fingerprint density at radius 3 is 2.40 bits per heavy atom. The quantitative estimate of drug-likeness (QED) is 0.209. The van der Waals surface area contributed by atoms with Gasteiger partial charge < -0.3 is 9.41 Å². The summed E-state index contributed by atoms with van der Waals surface area (Å²) in [7, 11) is -0.927. The van der Waals surface area contributed by atoms with Crippen LogP contribution >= 0.6 is 7.44 Å². The fourth-order valence-corrected chi connectivity index (χ4v) is 7.26. The van der Waals surface area contributed by atoms with E-state index in [0.717, 1.165) is 39.2 Å². The number of pyridine rings is 1. The predicted octanol–water partition coefficient (Wildman–Crippen LogP) is 8.25. The van der Waals surface area contributed by atoms with Crippen LogP contribution in [-0.4, -0.2) is 32.6 Å². The van der Waals surface area contributed by atoms with Crippen LogP contribution in [-0.2, 0) is 9.98 Å². The Labute approximate surface area is 233 Å². The predicted molar refractivity (Wildman–Crippen MR) is 162 cm³/mol. The summed E-state index contributed by atoms with van der Waals surface area (Å²) in [4.78, 5) is 9.29. The van der Waals surface area contributed by atoms with E-state index in [1.807, 2.05) is 42.2 Å². The van der Waals surface area contributed by atoms with E-state index in [2.05, 4.69) is 78.9 Å².